The summed E-state index contributed by atoms with van der Waals surface area (Å²) in [5.41, 5.74) is -0.214. The Morgan fingerprint density at radius 1 is 1.36 bits per heavy atom. The molecule has 82 valence electrons. The van der Waals surface area contributed by atoms with Gasteiger partial charge in [-0.25, -0.2) is 0 Å². The summed E-state index contributed by atoms with van der Waals surface area (Å²) in [7, 11) is 1.71. The zero-order chi connectivity index (χ0) is 11.4. The van der Waals surface area contributed by atoms with E-state index in [0.29, 0.717) is 5.11 Å². The molecule has 1 atom stereocenters. The minimum absolute atomic E-state index is 0.0601. The molecule has 0 fully saturated rings. The molecule has 0 aliphatic rings. The zero-order valence-electron chi connectivity index (χ0n) is 9.39. The summed E-state index contributed by atoms with van der Waals surface area (Å²) in [6.45, 7) is 7.58. The van der Waals surface area contributed by atoms with Gasteiger partial charge in [-0.3, -0.25) is 4.79 Å². The number of thiocarbonyl (C=S) groups is 1. The maximum Gasteiger partial charge on any atom is 0.242 e. The van der Waals surface area contributed by atoms with E-state index in [1.54, 1.807) is 14.0 Å². The fraction of sp³-hybridized carbons (Fsp3) is 0.778. The van der Waals surface area contributed by atoms with E-state index in [2.05, 4.69) is 16.0 Å². The monoisotopic (exact) mass is 217 g/mol. The van der Waals surface area contributed by atoms with Gasteiger partial charge in [-0.05, 0) is 39.9 Å². The molecule has 1 unspecified atom stereocenters. The first-order valence-electron chi connectivity index (χ1n) is 4.56. The largest absolute Gasteiger partial charge is 0.366 e. The van der Waals surface area contributed by atoms with Crippen molar-refractivity contribution in [2.45, 2.75) is 39.3 Å². The van der Waals surface area contributed by atoms with Gasteiger partial charge in [0.05, 0.1) is 0 Å². The van der Waals surface area contributed by atoms with Gasteiger partial charge in [-0.15, -0.1) is 0 Å². The third kappa shape index (κ3) is 5.75. The normalized spacial score (nSPS) is 12.9. The summed E-state index contributed by atoms with van der Waals surface area (Å²) in [4.78, 5) is 11.5. The van der Waals surface area contributed by atoms with Crippen LogP contribution in [0.3, 0.4) is 0 Å². The van der Waals surface area contributed by atoms with Crippen molar-refractivity contribution in [1.29, 1.82) is 0 Å². The number of hydrogen-bond acceptors (Lipinski definition) is 2. The van der Waals surface area contributed by atoms with E-state index in [1.165, 1.54) is 0 Å². The zero-order valence-corrected chi connectivity index (χ0v) is 10.2. The molecule has 4 nitrogen and oxygen atoms in total. The molecule has 0 saturated heterocycles. The molecule has 0 spiro atoms. The van der Waals surface area contributed by atoms with Crippen LogP contribution in [0, 0.1) is 0 Å². The van der Waals surface area contributed by atoms with E-state index in [1.807, 2.05) is 20.8 Å². The molecule has 0 bridgehead atoms. The smallest absolute Gasteiger partial charge is 0.242 e. The predicted molar refractivity (Wildman–Crippen MR) is 62.2 cm³/mol. The number of nitrogens with one attached hydrogen (secondary N) is 3. The van der Waals surface area contributed by atoms with E-state index in [4.69, 9.17) is 12.2 Å². The molecule has 0 heterocycles. The summed E-state index contributed by atoms with van der Waals surface area (Å²) >= 11 is 4.89. The average Bonchev–Trinajstić information content (AvgIpc) is 2.00. The average molecular weight is 217 g/mol. The second kappa shape index (κ2) is 5.14. The molecule has 0 saturated carbocycles. The molecule has 0 aromatic carbocycles. The van der Waals surface area contributed by atoms with Gasteiger partial charge in [-0.2, -0.15) is 0 Å². The van der Waals surface area contributed by atoms with Crippen LogP contribution < -0.4 is 16.0 Å². The van der Waals surface area contributed by atoms with Crippen molar-refractivity contribution in [2.24, 2.45) is 0 Å². The second-order valence-corrected chi connectivity index (χ2v) is 4.59. The highest BCUT2D eigenvalue weighted by Gasteiger charge is 2.19. The van der Waals surface area contributed by atoms with Gasteiger partial charge in [0.2, 0.25) is 5.91 Å². The van der Waals surface area contributed by atoms with Crippen LogP contribution in [0.25, 0.3) is 0 Å². The van der Waals surface area contributed by atoms with Crippen molar-refractivity contribution in [1.82, 2.24) is 16.0 Å². The molecular formula is C9H19N3OS. The molecule has 0 aromatic heterocycles. The molecule has 0 rings (SSSR count). The van der Waals surface area contributed by atoms with Crippen molar-refractivity contribution >= 4 is 23.2 Å². The number of amides is 1. The Kier molecular flexibility index (Phi) is 4.83. The summed E-state index contributed by atoms with van der Waals surface area (Å²) in [5.74, 6) is -0.0601. The van der Waals surface area contributed by atoms with E-state index in [9.17, 15) is 4.79 Å². The first-order valence-corrected chi connectivity index (χ1v) is 4.97. The van der Waals surface area contributed by atoms with E-state index in [-0.39, 0.29) is 17.5 Å². The van der Waals surface area contributed by atoms with Crippen LogP contribution in [0.5, 0.6) is 0 Å². The van der Waals surface area contributed by atoms with Gasteiger partial charge in [0.15, 0.2) is 5.11 Å². The predicted octanol–water partition coefficient (Wildman–Crippen LogP) is 0.383. The molecule has 14 heavy (non-hydrogen) atoms. The number of hydrogen-bond donors (Lipinski definition) is 3. The van der Waals surface area contributed by atoms with Crippen LogP contribution >= 0.6 is 12.2 Å². The molecule has 1 amide bonds. The Balaban J connectivity index is 4.07. The Morgan fingerprint density at radius 3 is 2.21 bits per heavy atom. The fourth-order valence-electron chi connectivity index (χ4n) is 0.812. The fourth-order valence-corrected chi connectivity index (χ4v) is 0.989. The maximum absolute atomic E-state index is 11.5. The van der Waals surface area contributed by atoms with Crippen molar-refractivity contribution in [3.8, 4) is 0 Å². The Morgan fingerprint density at radius 2 is 1.86 bits per heavy atom. The van der Waals surface area contributed by atoms with Gasteiger partial charge < -0.3 is 16.0 Å². The van der Waals surface area contributed by atoms with E-state index in [0.717, 1.165) is 0 Å². The molecule has 0 aliphatic heterocycles. The first kappa shape index (κ1) is 13.2. The lowest BCUT2D eigenvalue weighted by atomic mass is 10.1. The molecule has 0 aromatic rings. The lowest BCUT2D eigenvalue weighted by Gasteiger charge is -2.24. The second-order valence-electron chi connectivity index (χ2n) is 4.18. The van der Waals surface area contributed by atoms with Crippen LogP contribution in [0.15, 0.2) is 0 Å². The standard InChI is InChI=1S/C9H19N3OS/c1-6(11-8(14)10-5)7(13)12-9(2,3)4/h6H,1-5H3,(H,12,13)(H2,10,11,14). The highest BCUT2D eigenvalue weighted by molar-refractivity contribution is 7.80. The van der Waals surface area contributed by atoms with Gasteiger partial charge >= 0.3 is 0 Å². The van der Waals surface area contributed by atoms with Crippen molar-refractivity contribution in [2.75, 3.05) is 7.05 Å². The topological polar surface area (TPSA) is 53.2 Å². The van der Waals surface area contributed by atoms with E-state index >= 15 is 0 Å². The highest BCUT2D eigenvalue weighted by atomic mass is 32.1. The van der Waals surface area contributed by atoms with Crippen molar-refractivity contribution < 1.29 is 4.79 Å². The highest BCUT2D eigenvalue weighted by Crippen LogP contribution is 1.99. The summed E-state index contributed by atoms with van der Waals surface area (Å²) in [6, 6.07) is -0.325. The summed E-state index contributed by atoms with van der Waals surface area (Å²) < 4.78 is 0. The van der Waals surface area contributed by atoms with Gasteiger partial charge in [0, 0.05) is 12.6 Å². The lowest BCUT2D eigenvalue weighted by molar-refractivity contribution is -0.123. The Labute approximate surface area is 90.8 Å². The van der Waals surface area contributed by atoms with Crippen LogP contribution in [0.4, 0.5) is 0 Å². The number of rotatable bonds is 2. The van der Waals surface area contributed by atoms with Crippen LogP contribution in [0.1, 0.15) is 27.7 Å². The van der Waals surface area contributed by atoms with Crippen LogP contribution in [0.2, 0.25) is 0 Å². The van der Waals surface area contributed by atoms with Crippen molar-refractivity contribution in [3.63, 3.8) is 0 Å². The van der Waals surface area contributed by atoms with E-state index < -0.39 is 0 Å². The lowest BCUT2D eigenvalue weighted by Crippen LogP contribution is -2.52. The molecular weight excluding hydrogens is 198 g/mol. The summed E-state index contributed by atoms with van der Waals surface area (Å²) in [5, 5.41) is 8.95. The third-order valence-corrected chi connectivity index (χ3v) is 1.79. The Hall–Kier alpha value is -0.840. The molecule has 0 radical (unpaired) electrons. The molecule has 5 heteroatoms. The van der Waals surface area contributed by atoms with Gasteiger partial charge in [0.25, 0.3) is 0 Å². The summed E-state index contributed by atoms with van der Waals surface area (Å²) in [6.07, 6.45) is 0. The number of carbonyl (C=O) groups is 1. The minimum atomic E-state index is -0.325. The van der Waals surface area contributed by atoms with Gasteiger partial charge in [0.1, 0.15) is 6.04 Å². The third-order valence-electron chi connectivity index (χ3n) is 1.47. The Bertz CT molecular complexity index is 223. The minimum Gasteiger partial charge on any atom is -0.366 e. The maximum atomic E-state index is 11.5. The van der Waals surface area contributed by atoms with Crippen molar-refractivity contribution in [3.05, 3.63) is 0 Å². The van der Waals surface area contributed by atoms with Crippen LogP contribution in [-0.4, -0.2) is 29.6 Å². The molecule has 0 aliphatic carbocycles. The first-order chi connectivity index (χ1) is 6.26. The quantitative estimate of drug-likeness (QED) is 0.586. The van der Waals surface area contributed by atoms with Crippen LogP contribution in [-0.2, 0) is 4.79 Å². The number of carbonyl (C=O) groups excluding carboxylic acids is 1. The van der Waals surface area contributed by atoms with Gasteiger partial charge in [-0.1, -0.05) is 0 Å². The SMILES string of the molecule is CNC(=S)NC(C)C(=O)NC(C)(C)C. The molecule has 3 N–H and O–H groups in total.